The van der Waals surface area contributed by atoms with Crippen LogP contribution in [0.5, 0.6) is 0 Å². The monoisotopic (exact) mass is 365 g/mol. The number of nitrogens with zero attached hydrogens (tertiary/aromatic N) is 3. The molecule has 0 aliphatic carbocycles. The fraction of sp³-hybridized carbons (Fsp3) is 0.238. The Morgan fingerprint density at radius 2 is 1.85 bits per heavy atom. The van der Waals surface area contributed by atoms with Crippen LogP contribution in [0.3, 0.4) is 0 Å². The van der Waals surface area contributed by atoms with Gasteiger partial charge in [-0.1, -0.05) is 60.1 Å². The van der Waals surface area contributed by atoms with Crippen LogP contribution in [0.2, 0.25) is 5.15 Å². The summed E-state index contributed by atoms with van der Waals surface area (Å²) in [6.45, 7) is 4.45. The molecule has 1 aliphatic rings. The quantitative estimate of drug-likeness (QED) is 0.686. The van der Waals surface area contributed by atoms with E-state index in [1.165, 1.54) is 5.56 Å². The molecule has 5 heteroatoms. The third-order valence-electron chi connectivity index (χ3n) is 4.88. The van der Waals surface area contributed by atoms with Gasteiger partial charge in [0.2, 0.25) is 0 Å². The van der Waals surface area contributed by atoms with Gasteiger partial charge in [-0.25, -0.2) is 4.68 Å². The average molecular weight is 366 g/mol. The van der Waals surface area contributed by atoms with Crippen LogP contribution in [0, 0.1) is 6.92 Å². The van der Waals surface area contributed by atoms with Crippen LogP contribution in [0.1, 0.15) is 34.1 Å². The number of para-hydroxylation sites is 1. The number of carbonyl (C=O) groups excluding carboxylic acids is 1. The molecule has 2 aromatic carbocycles. The Kier molecular flexibility index (Phi) is 4.29. The minimum atomic E-state index is -0.0794. The zero-order valence-electron chi connectivity index (χ0n) is 14.8. The van der Waals surface area contributed by atoms with Gasteiger partial charge < -0.3 is 4.90 Å². The maximum atomic E-state index is 13.3. The molecule has 4 rings (SSSR count). The summed E-state index contributed by atoms with van der Waals surface area (Å²) in [5, 5.41) is 4.91. The predicted octanol–water partition coefficient (Wildman–Crippen LogP) is 4.48. The van der Waals surface area contributed by atoms with Gasteiger partial charge in [0.05, 0.1) is 17.8 Å². The van der Waals surface area contributed by atoms with Gasteiger partial charge in [0.1, 0.15) is 5.15 Å². The fourth-order valence-electron chi connectivity index (χ4n) is 3.65. The van der Waals surface area contributed by atoms with E-state index >= 15 is 0 Å². The number of aryl methyl sites for hydroxylation is 1. The molecule has 0 bridgehead atoms. The molecule has 0 fully saturated rings. The molecule has 2 heterocycles. The van der Waals surface area contributed by atoms with Gasteiger partial charge in [0, 0.05) is 11.7 Å². The van der Waals surface area contributed by atoms with E-state index in [-0.39, 0.29) is 11.9 Å². The molecule has 3 aromatic rings. The Hall–Kier alpha value is -2.59. The highest BCUT2D eigenvalue weighted by Gasteiger charge is 2.34. The Morgan fingerprint density at radius 3 is 2.62 bits per heavy atom. The molecule has 4 nitrogen and oxygen atoms in total. The van der Waals surface area contributed by atoms with Crippen molar-refractivity contribution in [1.82, 2.24) is 9.78 Å². The fourth-order valence-corrected chi connectivity index (χ4v) is 3.97. The molecule has 0 N–H and O–H groups in total. The SMILES string of the molecule is Cc1nn(Cc2ccccc2)c(Cl)c1C(=O)N1c2ccccc2CC1C. The van der Waals surface area contributed by atoms with Crippen molar-refractivity contribution >= 4 is 23.2 Å². The Labute approximate surface area is 158 Å². The van der Waals surface area contributed by atoms with Crippen LogP contribution in [0.15, 0.2) is 54.6 Å². The third kappa shape index (κ3) is 2.80. The van der Waals surface area contributed by atoms with E-state index in [1.54, 1.807) is 4.68 Å². The molecule has 0 spiro atoms. The van der Waals surface area contributed by atoms with Crippen molar-refractivity contribution < 1.29 is 4.79 Å². The van der Waals surface area contributed by atoms with E-state index in [0.29, 0.717) is 23.0 Å². The first-order valence-corrected chi connectivity index (χ1v) is 9.12. The number of benzene rings is 2. The summed E-state index contributed by atoms with van der Waals surface area (Å²) in [5.74, 6) is -0.0794. The highest BCUT2D eigenvalue weighted by Crippen LogP contribution is 2.34. The molecular formula is C21H20ClN3O. The first kappa shape index (κ1) is 16.9. The zero-order chi connectivity index (χ0) is 18.3. The highest BCUT2D eigenvalue weighted by atomic mass is 35.5. The maximum absolute atomic E-state index is 13.3. The summed E-state index contributed by atoms with van der Waals surface area (Å²) >= 11 is 6.58. The van der Waals surface area contributed by atoms with E-state index in [4.69, 9.17) is 11.6 Å². The van der Waals surface area contributed by atoms with Gasteiger partial charge in [0.15, 0.2) is 0 Å². The molecular weight excluding hydrogens is 346 g/mol. The molecule has 0 saturated heterocycles. The van der Waals surface area contributed by atoms with Crippen LogP contribution >= 0.6 is 11.6 Å². The molecule has 132 valence electrons. The number of anilines is 1. The smallest absolute Gasteiger partial charge is 0.263 e. The molecule has 1 unspecified atom stereocenters. The van der Waals surface area contributed by atoms with Crippen molar-refractivity contribution in [3.05, 3.63) is 82.1 Å². The number of carbonyl (C=O) groups is 1. The Morgan fingerprint density at radius 1 is 1.15 bits per heavy atom. The van der Waals surface area contributed by atoms with Gasteiger partial charge >= 0.3 is 0 Å². The summed E-state index contributed by atoms with van der Waals surface area (Å²) in [5.41, 5.74) is 4.41. The van der Waals surface area contributed by atoms with E-state index in [2.05, 4.69) is 18.1 Å². The average Bonchev–Trinajstić information content (AvgIpc) is 3.11. The molecule has 1 amide bonds. The minimum Gasteiger partial charge on any atom is -0.305 e. The molecule has 0 saturated carbocycles. The highest BCUT2D eigenvalue weighted by molar-refractivity contribution is 6.34. The summed E-state index contributed by atoms with van der Waals surface area (Å²) in [6, 6.07) is 18.1. The second kappa shape index (κ2) is 6.61. The van der Waals surface area contributed by atoms with Crippen LogP contribution in [0.25, 0.3) is 0 Å². The lowest BCUT2D eigenvalue weighted by Crippen LogP contribution is -2.36. The van der Waals surface area contributed by atoms with Gasteiger partial charge in [-0.15, -0.1) is 0 Å². The molecule has 0 radical (unpaired) electrons. The standard InChI is InChI=1S/C21H20ClN3O/c1-14-12-17-10-6-7-11-18(17)25(14)21(26)19-15(2)23-24(20(19)22)13-16-8-4-3-5-9-16/h3-11,14H,12-13H2,1-2H3. The van der Waals surface area contributed by atoms with Crippen molar-refractivity contribution in [2.45, 2.75) is 32.9 Å². The van der Waals surface area contributed by atoms with Crippen molar-refractivity contribution in [2.75, 3.05) is 4.90 Å². The number of hydrogen-bond acceptors (Lipinski definition) is 2. The van der Waals surface area contributed by atoms with Crippen LogP contribution in [-0.2, 0) is 13.0 Å². The van der Waals surface area contributed by atoms with E-state index in [9.17, 15) is 4.79 Å². The van der Waals surface area contributed by atoms with Gasteiger partial charge in [-0.05, 0) is 37.5 Å². The second-order valence-electron chi connectivity index (χ2n) is 6.75. The number of halogens is 1. The number of aromatic nitrogens is 2. The van der Waals surface area contributed by atoms with Crippen molar-refractivity contribution in [3.8, 4) is 0 Å². The van der Waals surface area contributed by atoms with E-state index in [1.807, 2.05) is 60.4 Å². The predicted molar refractivity (Wildman–Crippen MR) is 104 cm³/mol. The van der Waals surface area contributed by atoms with Crippen LogP contribution in [0.4, 0.5) is 5.69 Å². The number of amides is 1. The van der Waals surface area contributed by atoms with Crippen molar-refractivity contribution in [3.63, 3.8) is 0 Å². The summed E-state index contributed by atoms with van der Waals surface area (Å²) in [4.78, 5) is 15.2. The summed E-state index contributed by atoms with van der Waals surface area (Å²) in [7, 11) is 0. The topological polar surface area (TPSA) is 38.1 Å². The summed E-state index contributed by atoms with van der Waals surface area (Å²) in [6.07, 6.45) is 0.858. The molecule has 26 heavy (non-hydrogen) atoms. The number of fused-ring (bicyclic) bond motifs is 1. The van der Waals surface area contributed by atoms with E-state index < -0.39 is 0 Å². The van der Waals surface area contributed by atoms with Crippen molar-refractivity contribution in [1.29, 1.82) is 0 Å². The first-order chi connectivity index (χ1) is 12.6. The van der Waals surface area contributed by atoms with Crippen LogP contribution in [-0.4, -0.2) is 21.7 Å². The van der Waals surface area contributed by atoms with Crippen molar-refractivity contribution in [2.24, 2.45) is 0 Å². The van der Waals surface area contributed by atoms with E-state index in [0.717, 1.165) is 17.7 Å². The lowest BCUT2D eigenvalue weighted by atomic mass is 10.1. The van der Waals surface area contributed by atoms with Gasteiger partial charge in [-0.2, -0.15) is 5.10 Å². The number of rotatable bonds is 3. The first-order valence-electron chi connectivity index (χ1n) is 8.74. The Balaban J connectivity index is 1.69. The normalized spacial score (nSPS) is 16.0. The molecule has 1 aromatic heterocycles. The largest absolute Gasteiger partial charge is 0.305 e. The molecule has 1 aliphatic heterocycles. The lowest BCUT2D eigenvalue weighted by molar-refractivity contribution is 0.0981. The maximum Gasteiger partial charge on any atom is 0.263 e. The van der Waals surface area contributed by atoms with Crippen LogP contribution < -0.4 is 4.90 Å². The third-order valence-corrected chi connectivity index (χ3v) is 5.26. The van der Waals surface area contributed by atoms with Gasteiger partial charge in [0.25, 0.3) is 5.91 Å². The lowest BCUT2D eigenvalue weighted by Gasteiger charge is -2.22. The summed E-state index contributed by atoms with van der Waals surface area (Å²) < 4.78 is 1.70. The molecule has 1 atom stereocenters. The second-order valence-corrected chi connectivity index (χ2v) is 7.11. The number of hydrogen-bond donors (Lipinski definition) is 0. The van der Waals surface area contributed by atoms with Gasteiger partial charge in [-0.3, -0.25) is 4.79 Å². The zero-order valence-corrected chi connectivity index (χ0v) is 15.6. The Bertz CT molecular complexity index is 965. The minimum absolute atomic E-state index is 0.0794.